The minimum absolute atomic E-state index is 1.04. The molecule has 31 heavy (non-hydrogen) atoms. The Kier molecular flexibility index (Phi) is 6.64. The maximum absolute atomic E-state index is 2.30. The molecule has 0 N–H and O–H groups in total. The van der Waals surface area contributed by atoms with E-state index in [-0.39, 0.29) is 0 Å². The highest BCUT2D eigenvalue weighted by Crippen LogP contribution is 2.32. The highest BCUT2D eigenvalue weighted by atomic mass is 15.1. The zero-order valence-electron chi connectivity index (χ0n) is 18.3. The lowest BCUT2D eigenvalue weighted by molar-refractivity contribution is 1.13. The highest BCUT2D eigenvalue weighted by Gasteiger charge is 2.12. The standard InChI is InChI=1S/C30H29N/c1-3-24-15-19-28(20-16-24)31(29-21-17-25(4-2)18-22-29)23-30(26-11-7-5-8-12-26)27-13-9-6-10-14-27/h5-23H,3-4H2,1-2H3. The van der Waals surface area contributed by atoms with Gasteiger partial charge in [-0.25, -0.2) is 0 Å². The monoisotopic (exact) mass is 403 g/mol. The summed E-state index contributed by atoms with van der Waals surface area (Å²) in [6, 6.07) is 39.0. The molecule has 4 rings (SSSR count). The second kappa shape index (κ2) is 9.95. The molecule has 0 aromatic heterocycles. The van der Waals surface area contributed by atoms with Crippen LogP contribution < -0.4 is 4.90 Å². The summed E-state index contributed by atoms with van der Waals surface area (Å²) in [5.74, 6) is 0. The van der Waals surface area contributed by atoms with Crippen molar-refractivity contribution in [3.05, 3.63) is 138 Å². The van der Waals surface area contributed by atoms with Gasteiger partial charge in [0, 0.05) is 23.1 Å². The van der Waals surface area contributed by atoms with Crippen LogP contribution in [-0.4, -0.2) is 0 Å². The maximum atomic E-state index is 2.30. The zero-order valence-corrected chi connectivity index (χ0v) is 18.3. The fourth-order valence-corrected chi connectivity index (χ4v) is 3.76. The lowest BCUT2D eigenvalue weighted by atomic mass is 9.98. The Bertz CT molecular complexity index is 1020. The van der Waals surface area contributed by atoms with E-state index in [1.807, 2.05) is 0 Å². The summed E-state index contributed by atoms with van der Waals surface area (Å²) < 4.78 is 0. The molecule has 0 saturated heterocycles. The highest BCUT2D eigenvalue weighted by molar-refractivity contribution is 5.83. The van der Waals surface area contributed by atoms with Gasteiger partial charge in [-0.15, -0.1) is 0 Å². The Morgan fingerprint density at radius 1 is 0.548 bits per heavy atom. The summed E-state index contributed by atoms with van der Waals surface area (Å²) in [7, 11) is 0. The van der Waals surface area contributed by atoms with Crippen LogP contribution in [0.25, 0.3) is 5.57 Å². The molecule has 0 spiro atoms. The smallest absolute Gasteiger partial charge is 0.0455 e. The Hall–Kier alpha value is -3.58. The van der Waals surface area contributed by atoms with Gasteiger partial charge in [-0.1, -0.05) is 98.8 Å². The van der Waals surface area contributed by atoms with Crippen molar-refractivity contribution in [3.8, 4) is 0 Å². The first kappa shape index (κ1) is 20.7. The molecule has 0 saturated carbocycles. The van der Waals surface area contributed by atoms with Gasteiger partial charge in [0.2, 0.25) is 0 Å². The molecule has 0 aliphatic rings. The Labute approximate surface area is 186 Å². The summed E-state index contributed by atoms with van der Waals surface area (Å²) in [5, 5.41) is 0. The van der Waals surface area contributed by atoms with Crippen LogP contribution in [0, 0.1) is 0 Å². The van der Waals surface area contributed by atoms with Crippen LogP contribution in [0.5, 0.6) is 0 Å². The number of hydrogen-bond acceptors (Lipinski definition) is 1. The quantitative estimate of drug-likeness (QED) is 0.302. The molecule has 0 fully saturated rings. The first-order valence-electron chi connectivity index (χ1n) is 11.1. The summed E-state index contributed by atoms with van der Waals surface area (Å²) in [5.41, 5.74) is 8.61. The predicted molar refractivity (Wildman–Crippen MR) is 134 cm³/mol. The van der Waals surface area contributed by atoms with Gasteiger partial charge in [0.1, 0.15) is 0 Å². The molecule has 0 amide bonds. The van der Waals surface area contributed by atoms with Crippen molar-refractivity contribution in [1.29, 1.82) is 0 Å². The average molecular weight is 404 g/mol. The van der Waals surface area contributed by atoms with E-state index in [1.165, 1.54) is 27.8 Å². The third-order valence-corrected chi connectivity index (χ3v) is 5.67. The summed E-state index contributed by atoms with van der Waals surface area (Å²) in [4.78, 5) is 2.30. The number of anilines is 2. The number of hydrogen-bond donors (Lipinski definition) is 0. The van der Waals surface area contributed by atoms with Crippen LogP contribution in [0.4, 0.5) is 11.4 Å². The lowest BCUT2D eigenvalue weighted by Crippen LogP contribution is -2.10. The van der Waals surface area contributed by atoms with Crippen molar-refractivity contribution < 1.29 is 0 Å². The van der Waals surface area contributed by atoms with Gasteiger partial charge in [-0.2, -0.15) is 0 Å². The van der Waals surface area contributed by atoms with E-state index in [0.717, 1.165) is 24.2 Å². The first-order valence-corrected chi connectivity index (χ1v) is 11.1. The molecule has 0 atom stereocenters. The molecule has 0 unspecified atom stereocenters. The van der Waals surface area contributed by atoms with Crippen molar-refractivity contribution >= 4 is 16.9 Å². The summed E-state index contributed by atoms with van der Waals surface area (Å²) >= 11 is 0. The van der Waals surface area contributed by atoms with E-state index >= 15 is 0 Å². The third-order valence-electron chi connectivity index (χ3n) is 5.67. The van der Waals surface area contributed by atoms with E-state index in [1.54, 1.807) is 0 Å². The van der Waals surface area contributed by atoms with Crippen molar-refractivity contribution in [2.45, 2.75) is 26.7 Å². The Morgan fingerprint density at radius 2 is 0.935 bits per heavy atom. The molecule has 1 nitrogen and oxygen atoms in total. The Morgan fingerprint density at radius 3 is 1.29 bits per heavy atom. The molecule has 154 valence electrons. The molecule has 0 bridgehead atoms. The molecule has 1 heteroatoms. The predicted octanol–water partition coefficient (Wildman–Crippen LogP) is 8.04. The van der Waals surface area contributed by atoms with Crippen LogP contribution in [-0.2, 0) is 12.8 Å². The van der Waals surface area contributed by atoms with Crippen LogP contribution in [0.3, 0.4) is 0 Å². The SMILES string of the molecule is CCc1ccc(N(C=C(c2ccccc2)c2ccccc2)c2ccc(CC)cc2)cc1. The molecule has 0 aliphatic heterocycles. The maximum Gasteiger partial charge on any atom is 0.0455 e. The second-order valence-corrected chi connectivity index (χ2v) is 7.68. The Balaban J connectivity index is 1.87. The first-order chi connectivity index (χ1) is 15.3. The number of nitrogens with zero attached hydrogens (tertiary/aromatic N) is 1. The molecule has 4 aromatic rings. The van der Waals surface area contributed by atoms with E-state index in [4.69, 9.17) is 0 Å². The van der Waals surface area contributed by atoms with Crippen LogP contribution in [0.1, 0.15) is 36.1 Å². The van der Waals surface area contributed by atoms with Crippen molar-refractivity contribution in [2.75, 3.05) is 4.90 Å². The van der Waals surface area contributed by atoms with E-state index in [9.17, 15) is 0 Å². The largest absolute Gasteiger partial charge is 0.317 e. The van der Waals surface area contributed by atoms with Gasteiger partial charge >= 0.3 is 0 Å². The number of rotatable bonds is 7. The molecule has 4 aromatic carbocycles. The molecular weight excluding hydrogens is 374 g/mol. The molecule has 0 radical (unpaired) electrons. The van der Waals surface area contributed by atoms with Gasteiger partial charge in [0.15, 0.2) is 0 Å². The minimum Gasteiger partial charge on any atom is -0.317 e. The molecular formula is C30H29N. The van der Waals surface area contributed by atoms with Crippen LogP contribution >= 0.6 is 0 Å². The summed E-state index contributed by atoms with van der Waals surface area (Å²) in [6.45, 7) is 4.39. The normalized spacial score (nSPS) is 10.5. The molecule has 0 aliphatic carbocycles. The van der Waals surface area contributed by atoms with Gasteiger partial charge in [0.05, 0.1) is 0 Å². The topological polar surface area (TPSA) is 3.24 Å². The van der Waals surface area contributed by atoms with Gasteiger partial charge in [-0.05, 0) is 59.4 Å². The minimum atomic E-state index is 1.04. The number of benzene rings is 4. The van der Waals surface area contributed by atoms with Crippen LogP contribution in [0.2, 0.25) is 0 Å². The second-order valence-electron chi connectivity index (χ2n) is 7.68. The van der Waals surface area contributed by atoms with Gasteiger partial charge in [0.25, 0.3) is 0 Å². The fraction of sp³-hybridized carbons (Fsp3) is 0.133. The number of aryl methyl sites for hydroxylation is 2. The van der Waals surface area contributed by atoms with Crippen LogP contribution in [0.15, 0.2) is 115 Å². The van der Waals surface area contributed by atoms with Crippen molar-refractivity contribution in [3.63, 3.8) is 0 Å². The van der Waals surface area contributed by atoms with E-state index in [0.29, 0.717) is 0 Å². The van der Waals surface area contributed by atoms with Gasteiger partial charge < -0.3 is 4.90 Å². The zero-order chi connectivity index (χ0) is 21.5. The van der Waals surface area contributed by atoms with Gasteiger partial charge in [-0.3, -0.25) is 0 Å². The average Bonchev–Trinajstić information content (AvgIpc) is 2.86. The van der Waals surface area contributed by atoms with Crippen molar-refractivity contribution in [1.82, 2.24) is 0 Å². The van der Waals surface area contributed by atoms with E-state index in [2.05, 4.69) is 134 Å². The third kappa shape index (κ3) is 4.95. The van der Waals surface area contributed by atoms with Crippen molar-refractivity contribution in [2.24, 2.45) is 0 Å². The summed E-state index contributed by atoms with van der Waals surface area (Å²) in [6.07, 6.45) is 4.35. The van der Waals surface area contributed by atoms with E-state index < -0.39 is 0 Å². The fourth-order valence-electron chi connectivity index (χ4n) is 3.76. The molecule has 0 heterocycles. The lowest BCUT2D eigenvalue weighted by Gasteiger charge is -2.24.